The fourth-order valence-electron chi connectivity index (χ4n) is 2.49. The lowest BCUT2D eigenvalue weighted by atomic mass is 10.1. The predicted octanol–water partition coefficient (Wildman–Crippen LogP) is 3.79. The zero-order valence-electron chi connectivity index (χ0n) is 15.9. The van der Waals surface area contributed by atoms with E-state index in [1.54, 1.807) is 11.8 Å². The normalized spacial score (nSPS) is 17.6. The van der Waals surface area contributed by atoms with Crippen molar-refractivity contribution in [3.8, 4) is 11.5 Å². The maximum atomic E-state index is 12.8. The summed E-state index contributed by atoms with van der Waals surface area (Å²) < 4.78 is 5.28. The monoisotopic (exact) mass is 393 g/mol. The van der Waals surface area contributed by atoms with E-state index in [2.05, 4.69) is 4.99 Å². The summed E-state index contributed by atoms with van der Waals surface area (Å²) in [5.41, 5.74) is -0.0756. The molecule has 146 valence electrons. The highest BCUT2D eigenvalue weighted by Gasteiger charge is 2.35. The number of non-ortho nitro benzene ring substituents is 1. The molecule has 1 aliphatic rings. The molecule has 9 heteroatoms. The van der Waals surface area contributed by atoms with Crippen LogP contribution >= 0.6 is 11.8 Å². The van der Waals surface area contributed by atoms with Crippen molar-refractivity contribution < 1.29 is 19.6 Å². The van der Waals surface area contributed by atoms with Gasteiger partial charge in [0.25, 0.3) is 11.6 Å². The summed E-state index contributed by atoms with van der Waals surface area (Å²) in [7, 11) is 0. The molecule has 0 aliphatic carbocycles. The van der Waals surface area contributed by atoms with E-state index in [1.807, 2.05) is 27.7 Å². The molecule has 0 atom stereocenters. The van der Waals surface area contributed by atoms with Crippen LogP contribution in [0, 0.1) is 10.1 Å². The molecular formula is C18H23N3O5S. The number of rotatable bonds is 6. The van der Waals surface area contributed by atoms with Gasteiger partial charge in [-0.2, -0.15) is 0 Å². The number of hydrogen-bond donors (Lipinski definition) is 1. The lowest BCUT2D eigenvalue weighted by Crippen LogP contribution is -2.35. The molecule has 0 radical (unpaired) electrons. The van der Waals surface area contributed by atoms with Crippen molar-refractivity contribution in [2.45, 2.75) is 46.7 Å². The first-order valence-electron chi connectivity index (χ1n) is 8.60. The third-order valence-electron chi connectivity index (χ3n) is 3.61. The SMILES string of the molecule is CCOc1cc([N+](=O)[O-])cc(/C=C2/SC(=NC(C)C)N(C(C)C)C2=O)c1O. The number of benzene rings is 1. The van der Waals surface area contributed by atoms with Crippen molar-refractivity contribution in [3.05, 3.63) is 32.7 Å². The maximum absolute atomic E-state index is 12.8. The third-order valence-corrected chi connectivity index (χ3v) is 4.61. The minimum Gasteiger partial charge on any atom is -0.504 e. The molecule has 0 aromatic heterocycles. The van der Waals surface area contributed by atoms with Gasteiger partial charge in [-0.05, 0) is 52.5 Å². The highest BCUT2D eigenvalue weighted by molar-refractivity contribution is 8.18. The summed E-state index contributed by atoms with van der Waals surface area (Å²) in [5.74, 6) is -0.488. The van der Waals surface area contributed by atoms with Crippen LogP contribution in [0.25, 0.3) is 6.08 Å². The summed E-state index contributed by atoms with van der Waals surface area (Å²) in [6.45, 7) is 9.55. The molecule has 27 heavy (non-hydrogen) atoms. The van der Waals surface area contributed by atoms with Crippen molar-refractivity contribution in [1.29, 1.82) is 0 Å². The first kappa shape index (κ1) is 20.8. The van der Waals surface area contributed by atoms with Gasteiger partial charge >= 0.3 is 0 Å². The fraction of sp³-hybridized carbons (Fsp3) is 0.444. The summed E-state index contributed by atoms with van der Waals surface area (Å²) in [4.78, 5) is 29.8. The summed E-state index contributed by atoms with van der Waals surface area (Å²) >= 11 is 1.19. The second-order valence-electron chi connectivity index (χ2n) is 6.46. The van der Waals surface area contributed by atoms with E-state index in [-0.39, 0.29) is 47.3 Å². The molecule has 1 N–H and O–H groups in total. The number of phenolic OH excluding ortho intramolecular Hbond substituents is 1. The molecule has 1 aromatic carbocycles. The van der Waals surface area contributed by atoms with Crippen LogP contribution in [-0.4, -0.2) is 44.7 Å². The Morgan fingerprint density at radius 3 is 2.56 bits per heavy atom. The number of amides is 1. The van der Waals surface area contributed by atoms with Crippen LogP contribution in [0.3, 0.4) is 0 Å². The van der Waals surface area contributed by atoms with Crippen LogP contribution in [0.5, 0.6) is 11.5 Å². The Morgan fingerprint density at radius 1 is 1.37 bits per heavy atom. The number of nitrogens with zero attached hydrogens (tertiary/aromatic N) is 3. The third kappa shape index (κ3) is 4.60. The van der Waals surface area contributed by atoms with Gasteiger partial charge in [0, 0.05) is 23.7 Å². The Balaban J connectivity index is 2.54. The largest absolute Gasteiger partial charge is 0.504 e. The molecule has 1 amide bonds. The van der Waals surface area contributed by atoms with Gasteiger partial charge < -0.3 is 9.84 Å². The first-order chi connectivity index (χ1) is 12.6. The first-order valence-corrected chi connectivity index (χ1v) is 9.42. The van der Waals surface area contributed by atoms with E-state index in [9.17, 15) is 20.0 Å². The summed E-state index contributed by atoms with van der Waals surface area (Å²) in [6, 6.07) is 2.30. The Bertz CT molecular complexity index is 817. The Kier molecular flexibility index (Phi) is 6.48. The van der Waals surface area contributed by atoms with Gasteiger partial charge in [0.2, 0.25) is 0 Å². The number of aliphatic imine (C=N–C) groups is 1. The Labute approximate surface area is 162 Å². The predicted molar refractivity (Wildman–Crippen MR) is 106 cm³/mol. The van der Waals surface area contributed by atoms with Gasteiger partial charge in [0.15, 0.2) is 16.7 Å². The molecular weight excluding hydrogens is 370 g/mol. The van der Waals surface area contributed by atoms with Crippen molar-refractivity contribution in [2.75, 3.05) is 6.61 Å². The van der Waals surface area contributed by atoms with Gasteiger partial charge in [-0.1, -0.05) is 0 Å². The van der Waals surface area contributed by atoms with Gasteiger partial charge in [-0.25, -0.2) is 0 Å². The van der Waals surface area contributed by atoms with E-state index in [4.69, 9.17) is 4.74 Å². The van der Waals surface area contributed by atoms with Crippen LogP contribution in [0.4, 0.5) is 5.69 Å². The number of ether oxygens (including phenoxy) is 1. The van der Waals surface area contributed by atoms with Crippen molar-refractivity contribution in [3.63, 3.8) is 0 Å². The highest BCUT2D eigenvalue weighted by Crippen LogP contribution is 2.40. The number of carbonyl (C=O) groups excluding carboxylic acids is 1. The Hall–Kier alpha value is -2.55. The summed E-state index contributed by atoms with van der Waals surface area (Å²) in [6.07, 6.45) is 1.44. The van der Waals surface area contributed by atoms with Crippen molar-refractivity contribution >= 4 is 34.6 Å². The van der Waals surface area contributed by atoms with E-state index in [1.165, 1.54) is 23.9 Å². The molecule has 1 fully saturated rings. The van der Waals surface area contributed by atoms with Gasteiger partial charge in [0.05, 0.1) is 22.5 Å². The maximum Gasteiger partial charge on any atom is 0.274 e. The lowest BCUT2D eigenvalue weighted by molar-refractivity contribution is -0.385. The number of phenols is 1. The van der Waals surface area contributed by atoms with E-state index >= 15 is 0 Å². The zero-order chi connectivity index (χ0) is 20.3. The smallest absolute Gasteiger partial charge is 0.274 e. The molecule has 2 rings (SSSR count). The number of nitro groups is 1. The second-order valence-corrected chi connectivity index (χ2v) is 7.47. The quantitative estimate of drug-likeness (QED) is 0.448. The molecule has 1 aromatic rings. The minimum atomic E-state index is -0.570. The highest BCUT2D eigenvalue weighted by atomic mass is 32.2. The molecule has 0 bridgehead atoms. The molecule has 1 saturated heterocycles. The number of carbonyl (C=O) groups is 1. The number of nitro benzene ring substituents is 1. The number of hydrogen-bond acceptors (Lipinski definition) is 7. The Morgan fingerprint density at radius 2 is 2.04 bits per heavy atom. The van der Waals surface area contributed by atoms with Crippen LogP contribution in [0.15, 0.2) is 22.0 Å². The van der Waals surface area contributed by atoms with Gasteiger partial charge in [-0.15, -0.1) is 0 Å². The molecule has 0 spiro atoms. The van der Waals surface area contributed by atoms with E-state index < -0.39 is 4.92 Å². The van der Waals surface area contributed by atoms with Crippen molar-refractivity contribution in [1.82, 2.24) is 4.90 Å². The van der Waals surface area contributed by atoms with Crippen LogP contribution in [0.1, 0.15) is 40.2 Å². The van der Waals surface area contributed by atoms with Gasteiger partial charge in [-0.3, -0.25) is 24.8 Å². The van der Waals surface area contributed by atoms with E-state index in [0.29, 0.717) is 10.1 Å². The van der Waals surface area contributed by atoms with Gasteiger partial charge in [0.1, 0.15) is 0 Å². The summed E-state index contributed by atoms with van der Waals surface area (Å²) in [5, 5.41) is 22.2. The molecule has 0 saturated carbocycles. The van der Waals surface area contributed by atoms with Crippen LogP contribution in [0.2, 0.25) is 0 Å². The molecule has 1 heterocycles. The average molecular weight is 393 g/mol. The van der Waals surface area contributed by atoms with E-state index in [0.717, 1.165) is 6.07 Å². The van der Waals surface area contributed by atoms with Crippen LogP contribution in [-0.2, 0) is 4.79 Å². The number of amidine groups is 1. The molecule has 8 nitrogen and oxygen atoms in total. The standard InChI is InChI=1S/C18H23N3O5S/c1-6-26-14-9-13(21(24)25)7-12(16(14)22)8-15-17(23)20(11(4)5)18(27-15)19-10(2)3/h7-11,22H,6H2,1-5H3/b15-8+,19-18?. The number of thioether (sulfide) groups is 1. The molecule has 1 aliphatic heterocycles. The fourth-order valence-corrected chi connectivity index (χ4v) is 3.71. The molecule has 0 unspecified atom stereocenters. The average Bonchev–Trinajstić information content (AvgIpc) is 2.85. The zero-order valence-corrected chi connectivity index (χ0v) is 16.7. The topological polar surface area (TPSA) is 105 Å². The second kappa shape index (κ2) is 8.43. The van der Waals surface area contributed by atoms with Crippen molar-refractivity contribution in [2.24, 2.45) is 4.99 Å². The van der Waals surface area contributed by atoms with Crippen LogP contribution < -0.4 is 4.74 Å². The lowest BCUT2D eigenvalue weighted by Gasteiger charge is -2.20. The number of aromatic hydroxyl groups is 1. The minimum absolute atomic E-state index is 0.00535.